The lowest BCUT2D eigenvalue weighted by atomic mass is 10.2. The van der Waals surface area contributed by atoms with Crippen molar-refractivity contribution in [2.45, 2.75) is 25.8 Å². The molecule has 1 aliphatic rings. The highest BCUT2D eigenvalue weighted by Crippen LogP contribution is 2.16. The van der Waals surface area contributed by atoms with Crippen LogP contribution < -0.4 is 10.6 Å². The van der Waals surface area contributed by atoms with E-state index in [0.29, 0.717) is 6.04 Å². The van der Waals surface area contributed by atoms with Crippen LogP contribution in [0.15, 0.2) is 16.6 Å². The zero-order valence-electron chi connectivity index (χ0n) is 8.89. The van der Waals surface area contributed by atoms with Gasteiger partial charge < -0.3 is 10.6 Å². The number of nitrogens with zero attached hydrogens (tertiary/aromatic N) is 1. The predicted octanol–water partition coefficient (Wildman–Crippen LogP) is 2.32. The Kier molecular flexibility index (Phi) is 3.59. The standard InChI is InChI=1S/C11H16BrN3/c1-8-10(12)4-5-11(15-8)14-7-9-3-2-6-13-9/h4-5,9,13H,2-3,6-7H2,1H3,(H,14,15). The third kappa shape index (κ3) is 2.92. The maximum absolute atomic E-state index is 4.45. The van der Waals surface area contributed by atoms with E-state index in [4.69, 9.17) is 0 Å². The summed E-state index contributed by atoms with van der Waals surface area (Å²) in [6, 6.07) is 4.65. The van der Waals surface area contributed by atoms with Crippen molar-refractivity contribution in [2.24, 2.45) is 0 Å². The van der Waals surface area contributed by atoms with Gasteiger partial charge in [-0.1, -0.05) is 0 Å². The molecular weight excluding hydrogens is 254 g/mol. The fourth-order valence-electron chi connectivity index (χ4n) is 1.80. The van der Waals surface area contributed by atoms with E-state index in [1.54, 1.807) is 0 Å². The van der Waals surface area contributed by atoms with E-state index in [0.717, 1.165) is 29.1 Å². The molecule has 1 aromatic heterocycles. The second-order valence-electron chi connectivity index (χ2n) is 3.94. The van der Waals surface area contributed by atoms with Crippen molar-refractivity contribution in [1.29, 1.82) is 0 Å². The molecule has 82 valence electrons. The van der Waals surface area contributed by atoms with E-state index < -0.39 is 0 Å². The van der Waals surface area contributed by atoms with Crippen LogP contribution in [0.1, 0.15) is 18.5 Å². The average molecular weight is 270 g/mol. The van der Waals surface area contributed by atoms with Gasteiger partial charge in [-0.05, 0) is 54.4 Å². The molecule has 1 atom stereocenters. The monoisotopic (exact) mass is 269 g/mol. The first-order valence-electron chi connectivity index (χ1n) is 5.36. The summed E-state index contributed by atoms with van der Waals surface area (Å²) in [5, 5.41) is 6.81. The van der Waals surface area contributed by atoms with E-state index in [2.05, 4.69) is 31.5 Å². The van der Waals surface area contributed by atoms with E-state index in [-0.39, 0.29) is 0 Å². The average Bonchev–Trinajstić information content (AvgIpc) is 2.73. The van der Waals surface area contributed by atoms with Crippen molar-refractivity contribution < 1.29 is 0 Å². The van der Waals surface area contributed by atoms with Crippen LogP contribution in [0, 0.1) is 6.92 Å². The Labute approximate surface area is 98.8 Å². The third-order valence-electron chi connectivity index (χ3n) is 2.71. The highest BCUT2D eigenvalue weighted by molar-refractivity contribution is 9.10. The lowest BCUT2D eigenvalue weighted by Gasteiger charge is -2.12. The van der Waals surface area contributed by atoms with Crippen molar-refractivity contribution in [1.82, 2.24) is 10.3 Å². The van der Waals surface area contributed by atoms with Gasteiger partial charge in [0, 0.05) is 17.1 Å². The zero-order chi connectivity index (χ0) is 10.7. The summed E-state index contributed by atoms with van der Waals surface area (Å²) in [5.74, 6) is 0.962. The molecule has 15 heavy (non-hydrogen) atoms. The molecule has 1 aliphatic heterocycles. The van der Waals surface area contributed by atoms with Gasteiger partial charge in [-0.2, -0.15) is 0 Å². The Morgan fingerprint density at radius 3 is 3.13 bits per heavy atom. The molecule has 0 spiro atoms. The second kappa shape index (κ2) is 4.94. The number of nitrogens with one attached hydrogen (secondary N) is 2. The van der Waals surface area contributed by atoms with E-state index in [1.807, 2.05) is 19.1 Å². The summed E-state index contributed by atoms with van der Waals surface area (Å²) in [6.45, 7) is 4.12. The van der Waals surface area contributed by atoms with Crippen LogP contribution in [0.5, 0.6) is 0 Å². The minimum atomic E-state index is 0.607. The smallest absolute Gasteiger partial charge is 0.126 e. The molecule has 0 amide bonds. The van der Waals surface area contributed by atoms with E-state index in [1.165, 1.54) is 12.8 Å². The fourth-order valence-corrected chi connectivity index (χ4v) is 2.02. The topological polar surface area (TPSA) is 37.0 Å². The molecule has 0 aliphatic carbocycles. The lowest BCUT2D eigenvalue weighted by Crippen LogP contribution is -2.29. The molecule has 2 rings (SSSR count). The first-order valence-corrected chi connectivity index (χ1v) is 6.15. The summed E-state index contributed by atoms with van der Waals surface area (Å²) in [5.41, 5.74) is 1.03. The van der Waals surface area contributed by atoms with Crippen molar-refractivity contribution >= 4 is 21.7 Å². The van der Waals surface area contributed by atoms with Gasteiger partial charge in [-0.3, -0.25) is 0 Å². The molecule has 1 fully saturated rings. The molecule has 1 unspecified atom stereocenters. The quantitative estimate of drug-likeness (QED) is 0.885. The zero-order valence-corrected chi connectivity index (χ0v) is 10.5. The minimum absolute atomic E-state index is 0.607. The SMILES string of the molecule is Cc1nc(NCC2CCCN2)ccc1Br. The van der Waals surface area contributed by atoms with Gasteiger partial charge in [0.05, 0.1) is 5.69 Å². The molecule has 3 nitrogen and oxygen atoms in total. The van der Waals surface area contributed by atoms with Crippen LogP contribution in [-0.4, -0.2) is 24.1 Å². The molecule has 2 heterocycles. The van der Waals surface area contributed by atoms with Gasteiger partial charge in [0.1, 0.15) is 5.82 Å². The van der Waals surface area contributed by atoms with Crippen LogP contribution in [0.2, 0.25) is 0 Å². The van der Waals surface area contributed by atoms with Gasteiger partial charge in [0.15, 0.2) is 0 Å². The first-order chi connectivity index (χ1) is 7.25. The number of aryl methyl sites for hydroxylation is 1. The van der Waals surface area contributed by atoms with Crippen LogP contribution >= 0.6 is 15.9 Å². The maximum atomic E-state index is 4.45. The molecule has 4 heteroatoms. The van der Waals surface area contributed by atoms with E-state index >= 15 is 0 Å². The number of rotatable bonds is 3. The molecule has 2 N–H and O–H groups in total. The number of pyridine rings is 1. The fraction of sp³-hybridized carbons (Fsp3) is 0.545. The maximum Gasteiger partial charge on any atom is 0.126 e. The molecule has 1 aromatic rings. The summed E-state index contributed by atoms with van der Waals surface area (Å²) in [4.78, 5) is 4.45. The highest BCUT2D eigenvalue weighted by Gasteiger charge is 2.13. The number of halogens is 1. The highest BCUT2D eigenvalue weighted by atomic mass is 79.9. The number of aromatic nitrogens is 1. The number of anilines is 1. The molecule has 0 bridgehead atoms. The van der Waals surface area contributed by atoms with Crippen molar-refractivity contribution in [3.8, 4) is 0 Å². The third-order valence-corrected chi connectivity index (χ3v) is 3.55. The molecular formula is C11H16BrN3. The van der Waals surface area contributed by atoms with Gasteiger partial charge in [0.2, 0.25) is 0 Å². The number of hydrogen-bond acceptors (Lipinski definition) is 3. The molecule has 1 saturated heterocycles. The Morgan fingerprint density at radius 2 is 2.47 bits per heavy atom. The van der Waals surface area contributed by atoms with Gasteiger partial charge >= 0.3 is 0 Å². The van der Waals surface area contributed by atoms with E-state index in [9.17, 15) is 0 Å². The molecule has 0 saturated carbocycles. The molecule has 0 aromatic carbocycles. The Bertz CT molecular complexity index is 335. The second-order valence-corrected chi connectivity index (χ2v) is 4.79. The predicted molar refractivity (Wildman–Crippen MR) is 66.2 cm³/mol. The van der Waals surface area contributed by atoms with Crippen molar-refractivity contribution in [3.05, 3.63) is 22.3 Å². The first kappa shape index (κ1) is 10.9. The van der Waals surface area contributed by atoms with Crippen LogP contribution in [0.25, 0.3) is 0 Å². The van der Waals surface area contributed by atoms with Gasteiger partial charge in [-0.15, -0.1) is 0 Å². The van der Waals surface area contributed by atoms with Crippen molar-refractivity contribution in [3.63, 3.8) is 0 Å². The van der Waals surface area contributed by atoms with Gasteiger partial charge in [0.25, 0.3) is 0 Å². The van der Waals surface area contributed by atoms with Crippen LogP contribution in [-0.2, 0) is 0 Å². The summed E-state index contributed by atoms with van der Waals surface area (Å²) >= 11 is 3.44. The number of hydrogen-bond donors (Lipinski definition) is 2. The summed E-state index contributed by atoms with van der Waals surface area (Å²) in [7, 11) is 0. The lowest BCUT2D eigenvalue weighted by molar-refractivity contribution is 0.632. The van der Waals surface area contributed by atoms with Crippen LogP contribution in [0.4, 0.5) is 5.82 Å². The molecule has 0 radical (unpaired) electrons. The van der Waals surface area contributed by atoms with Crippen LogP contribution in [0.3, 0.4) is 0 Å². The summed E-state index contributed by atoms with van der Waals surface area (Å²) < 4.78 is 1.06. The Balaban J connectivity index is 1.90. The largest absolute Gasteiger partial charge is 0.369 e. The Hall–Kier alpha value is -0.610. The minimum Gasteiger partial charge on any atom is -0.369 e. The normalized spacial score (nSPS) is 20.5. The Morgan fingerprint density at radius 1 is 1.60 bits per heavy atom. The van der Waals surface area contributed by atoms with Gasteiger partial charge in [-0.25, -0.2) is 4.98 Å². The van der Waals surface area contributed by atoms with Crippen molar-refractivity contribution in [2.75, 3.05) is 18.4 Å². The summed E-state index contributed by atoms with van der Waals surface area (Å²) in [6.07, 6.45) is 2.56.